The van der Waals surface area contributed by atoms with E-state index in [2.05, 4.69) is 26.9 Å². The number of benzene rings is 1. The van der Waals surface area contributed by atoms with E-state index in [0.29, 0.717) is 0 Å². The number of methoxy groups -OCH3 is 1. The minimum atomic E-state index is -0.422. The van der Waals surface area contributed by atoms with Crippen LogP contribution in [0.1, 0.15) is 11.3 Å². The van der Waals surface area contributed by atoms with Gasteiger partial charge < -0.3 is 4.74 Å². The van der Waals surface area contributed by atoms with Crippen LogP contribution in [0.15, 0.2) is 42.6 Å². The van der Waals surface area contributed by atoms with Crippen molar-refractivity contribution in [2.75, 3.05) is 33.3 Å². The summed E-state index contributed by atoms with van der Waals surface area (Å²) in [4.78, 5) is 19.2. The lowest BCUT2D eigenvalue weighted by Crippen LogP contribution is -2.45. The number of ether oxygens (including phenoxy) is 1. The van der Waals surface area contributed by atoms with Crippen LogP contribution >= 0.6 is 0 Å². The highest BCUT2D eigenvalue weighted by atomic mass is 16.6. The maximum atomic E-state index is 10.7. The van der Waals surface area contributed by atoms with Gasteiger partial charge in [0.15, 0.2) is 0 Å². The van der Waals surface area contributed by atoms with E-state index in [1.54, 1.807) is 13.2 Å². The molecule has 0 radical (unpaired) electrons. The van der Waals surface area contributed by atoms with Gasteiger partial charge in [0.25, 0.3) is 5.69 Å². The first kappa shape index (κ1) is 17.3. The standard InChI is InChI=1S/C18H22N4O3/c1-25-18-6-2-15(3-7-18)13-20-8-10-21(11-9-20)14-16-4-5-17(12-19-16)22(23)24/h2-7,12H,8-11,13-14H2,1H3. The molecule has 25 heavy (non-hydrogen) atoms. The fourth-order valence-corrected chi connectivity index (χ4v) is 2.94. The second-order valence-corrected chi connectivity index (χ2v) is 6.17. The van der Waals surface area contributed by atoms with Crippen molar-refractivity contribution >= 4 is 5.69 Å². The number of piperazine rings is 1. The molecule has 1 aliphatic rings. The van der Waals surface area contributed by atoms with E-state index in [9.17, 15) is 10.1 Å². The lowest BCUT2D eigenvalue weighted by molar-refractivity contribution is -0.385. The van der Waals surface area contributed by atoms with Gasteiger partial charge in [-0.25, -0.2) is 0 Å². The summed E-state index contributed by atoms with van der Waals surface area (Å²) in [6.07, 6.45) is 1.33. The summed E-state index contributed by atoms with van der Waals surface area (Å²) in [5, 5.41) is 10.7. The van der Waals surface area contributed by atoms with Crippen LogP contribution in [0.4, 0.5) is 5.69 Å². The van der Waals surface area contributed by atoms with Crippen molar-refractivity contribution in [1.29, 1.82) is 0 Å². The quantitative estimate of drug-likeness (QED) is 0.593. The van der Waals surface area contributed by atoms with Gasteiger partial charge in [0, 0.05) is 45.3 Å². The molecular formula is C18H22N4O3. The summed E-state index contributed by atoms with van der Waals surface area (Å²) in [5.41, 5.74) is 2.19. The minimum Gasteiger partial charge on any atom is -0.497 e. The van der Waals surface area contributed by atoms with E-state index in [4.69, 9.17) is 4.74 Å². The summed E-state index contributed by atoms with van der Waals surface area (Å²) in [6, 6.07) is 11.4. The first-order valence-electron chi connectivity index (χ1n) is 8.31. The van der Waals surface area contributed by atoms with Crippen LogP contribution in [0.25, 0.3) is 0 Å². The van der Waals surface area contributed by atoms with Crippen molar-refractivity contribution < 1.29 is 9.66 Å². The zero-order chi connectivity index (χ0) is 17.6. The maximum absolute atomic E-state index is 10.7. The summed E-state index contributed by atoms with van der Waals surface area (Å²) < 4.78 is 5.19. The molecule has 1 fully saturated rings. The summed E-state index contributed by atoms with van der Waals surface area (Å²) in [7, 11) is 1.67. The minimum absolute atomic E-state index is 0.0352. The summed E-state index contributed by atoms with van der Waals surface area (Å²) in [6.45, 7) is 5.60. The second kappa shape index (κ2) is 8.04. The van der Waals surface area contributed by atoms with Crippen molar-refractivity contribution in [3.05, 3.63) is 64.0 Å². The lowest BCUT2D eigenvalue weighted by Gasteiger charge is -2.34. The zero-order valence-electron chi connectivity index (χ0n) is 14.3. The Morgan fingerprint density at radius 2 is 1.68 bits per heavy atom. The normalized spacial score (nSPS) is 15.9. The van der Waals surface area contributed by atoms with Crippen LogP contribution in [-0.4, -0.2) is 53.0 Å². The van der Waals surface area contributed by atoms with Crippen molar-refractivity contribution in [1.82, 2.24) is 14.8 Å². The number of aromatic nitrogens is 1. The zero-order valence-corrected chi connectivity index (χ0v) is 14.3. The van der Waals surface area contributed by atoms with Gasteiger partial charge in [0.05, 0.1) is 17.7 Å². The number of nitrogens with zero attached hydrogens (tertiary/aromatic N) is 4. The lowest BCUT2D eigenvalue weighted by atomic mass is 10.2. The molecule has 0 bridgehead atoms. The molecule has 7 heteroatoms. The molecule has 132 valence electrons. The molecule has 1 aromatic carbocycles. The molecule has 1 aliphatic heterocycles. The molecule has 0 atom stereocenters. The van der Waals surface area contributed by atoms with E-state index in [1.807, 2.05) is 12.1 Å². The summed E-state index contributed by atoms with van der Waals surface area (Å²) in [5.74, 6) is 0.879. The van der Waals surface area contributed by atoms with Gasteiger partial charge in [-0.3, -0.25) is 24.9 Å². The Kier molecular flexibility index (Phi) is 5.57. The van der Waals surface area contributed by atoms with Crippen LogP contribution in [-0.2, 0) is 13.1 Å². The molecule has 0 saturated carbocycles. The SMILES string of the molecule is COc1ccc(CN2CCN(Cc3ccc([N+](=O)[O-])cn3)CC2)cc1. The Morgan fingerprint density at radius 3 is 2.20 bits per heavy atom. The van der Waals surface area contributed by atoms with Crippen LogP contribution in [0.3, 0.4) is 0 Å². The van der Waals surface area contributed by atoms with Gasteiger partial charge in [0.1, 0.15) is 11.9 Å². The average Bonchev–Trinajstić information content (AvgIpc) is 2.64. The van der Waals surface area contributed by atoms with Crippen molar-refractivity contribution in [2.24, 2.45) is 0 Å². The maximum Gasteiger partial charge on any atom is 0.287 e. The topological polar surface area (TPSA) is 71.7 Å². The smallest absolute Gasteiger partial charge is 0.287 e. The first-order valence-corrected chi connectivity index (χ1v) is 8.31. The van der Waals surface area contributed by atoms with Crippen LogP contribution in [0.5, 0.6) is 5.75 Å². The van der Waals surface area contributed by atoms with Gasteiger partial charge in [-0.05, 0) is 23.8 Å². The van der Waals surface area contributed by atoms with Crippen LogP contribution in [0.2, 0.25) is 0 Å². The van der Waals surface area contributed by atoms with Gasteiger partial charge in [-0.1, -0.05) is 12.1 Å². The van der Waals surface area contributed by atoms with Gasteiger partial charge in [0.2, 0.25) is 0 Å². The predicted octanol–water partition coefficient (Wildman–Crippen LogP) is 2.32. The number of pyridine rings is 1. The van der Waals surface area contributed by atoms with Gasteiger partial charge in [-0.2, -0.15) is 0 Å². The molecule has 0 spiro atoms. The second-order valence-electron chi connectivity index (χ2n) is 6.17. The first-order chi connectivity index (χ1) is 12.1. The van der Waals surface area contributed by atoms with Crippen LogP contribution in [0, 0.1) is 10.1 Å². The molecule has 1 aromatic heterocycles. The Morgan fingerprint density at radius 1 is 1.04 bits per heavy atom. The molecule has 7 nitrogen and oxygen atoms in total. The highest BCUT2D eigenvalue weighted by molar-refractivity contribution is 5.27. The molecule has 1 saturated heterocycles. The third-order valence-corrected chi connectivity index (χ3v) is 4.44. The third-order valence-electron chi connectivity index (χ3n) is 4.44. The van der Waals surface area contributed by atoms with E-state index in [-0.39, 0.29) is 5.69 Å². The molecule has 0 unspecified atom stereocenters. The highest BCUT2D eigenvalue weighted by Crippen LogP contribution is 2.15. The van der Waals surface area contributed by atoms with Gasteiger partial charge >= 0.3 is 0 Å². The van der Waals surface area contributed by atoms with Gasteiger partial charge in [-0.15, -0.1) is 0 Å². The van der Waals surface area contributed by atoms with Crippen LogP contribution < -0.4 is 4.74 Å². The molecule has 0 amide bonds. The van der Waals surface area contributed by atoms with Crippen molar-refractivity contribution in [3.63, 3.8) is 0 Å². The summed E-state index contributed by atoms with van der Waals surface area (Å²) >= 11 is 0. The Bertz CT molecular complexity index is 695. The van der Waals surface area contributed by atoms with E-state index in [0.717, 1.165) is 50.7 Å². The highest BCUT2D eigenvalue weighted by Gasteiger charge is 2.18. The molecule has 2 aromatic rings. The van der Waals surface area contributed by atoms with Crippen molar-refractivity contribution in [2.45, 2.75) is 13.1 Å². The Hall–Kier alpha value is -2.51. The average molecular weight is 342 g/mol. The molecule has 0 aliphatic carbocycles. The molecule has 0 N–H and O–H groups in total. The fraction of sp³-hybridized carbons (Fsp3) is 0.389. The number of nitro groups is 1. The van der Waals surface area contributed by atoms with E-state index in [1.165, 1.54) is 17.8 Å². The van der Waals surface area contributed by atoms with E-state index >= 15 is 0 Å². The number of rotatable bonds is 6. The third kappa shape index (κ3) is 4.74. The monoisotopic (exact) mass is 342 g/mol. The van der Waals surface area contributed by atoms with E-state index < -0.39 is 4.92 Å². The molecular weight excluding hydrogens is 320 g/mol. The number of hydrogen-bond donors (Lipinski definition) is 0. The Balaban J connectivity index is 1.47. The largest absolute Gasteiger partial charge is 0.497 e. The molecule has 3 rings (SSSR count). The van der Waals surface area contributed by atoms with Crippen molar-refractivity contribution in [3.8, 4) is 5.75 Å². The fourth-order valence-electron chi connectivity index (χ4n) is 2.94. The molecule has 2 heterocycles. The predicted molar refractivity (Wildman–Crippen MR) is 94.4 cm³/mol. The Labute approximate surface area is 147 Å². The number of hydrogen-bond acceptors (Lipinski definition) is 6.